The van der Waals surface area contributed by atoms with Crippen LogP contribution in [0.4, 0.5) is 4.79 Å². The topological polar surface area (TPSA) is 180 Å². The number of halogens is 1. The summed E-state index contributed by atoms with van der Waals surface area (Å²) in [5.74, 6) is -2.96. The van der Waals surface area contributed by atoms with Crippen molar-refractivity contribution >= 4 is 63.1 Å². The monoisotopic (exact) mass is 687 g/mol. The number of carbonyl (C=O) groups is 5. The van der Waals surface area contributed by atoms with Crippen molar-refractivity contribution in [2.75, 3.05) is 6.54 Å². The number of carboxylic acids is 1. The smallest absolute Gasteiger partial charge is 0.326 e. The van der Waals surface area contributed by atoms with Crippen LogP contribution >= 0.6 is 22.6 Å². The quantitative estimate of drug-likeness (QED) is 0.112. The highest BCUT2D eigenvalue weighted by Crippen LogP contribution is 2.17. The standard InChI is InChI=1S/C30H34IN5O6/c1-18(37)34-25(16-19-9-12-23(31)13-10-19)28(39)35-24(7-4-14-33-30(32)42)27(38)36-26(29(40)41)17-20-8-11-21-5-2-3-6-22(21)15-20/h2-3,5-6,8-13,15,24-26H,4,7,14,16-17H2,1H3,(H,34,37)(H,35,39)(H,36,38)(H,40,41)(H3,32,33,42)/t24-,25+,26-/m0/s1. The molecule has 3 aromatic carbocycles. The SMILES string of the molecule is CC(=O)N[C@H](Cc1ccc(I)cc1)C(=O)N[C@@H](CCCNC(N)=O)C(=O)N[C@@H](Cc1ccc2ccccc2c1)C(=O)O. The third kappa shape index (κ3) is 10.3. The molecule has 0 radical (unpaired) electrons. The normalized spacial score (nSPS) is 12.9. The first-order valence-corrected chi connectivity index (χ1v) is 14.5. The molecule has 0 spiro atoms. The van der Waals surface area contributed by atoms with Crippen LogP contribution in [0, 0.1) is 3.57 Å². The van der Waals surface area contributed by atoms with Crippen molar-refractivity contribution in [1.82, 2.24) is 21.3 Å². The van der Waals surface area contributed by atoms with E-state index < -0.39 is 47.8 Å². The van der Waals surface area contributed by atoms with Gasteiger partial charge < -0.3 is 32.1 Å². The van der Waals surface area contributed by atoms with Gasteiger partial charge in [-0.25, -0.2) is 9.59 Å². The Hall–Kier alpha value is -4.20. The lowest BCUT2D eigenvalue weighted by Crippen LogP contribution is -2.56. The van der Waals surface area contributed by atoms with E-state index in [1.807, 2.05) is 66.7 Å². The van der Waals surface area contributed by atoms with Crippen molar-refractivity contribution < 1.29 is 29.1 Å². The molecular weight excluding hydrogens is 653 g/mol. The molecule has 3 atom stereocenters. The molecule has 0 aromatic heterocycles. The largest absolute Gasteiger partial charge is 0.480 e. The highest BCUT2D eigenvalue weighted by molar-refractivity contribution is 14.1. The summed E-state index contributed by atoms with van der Waals surface area (Å²) in [6.45, 7) is 1.43. The zero-order chi connectivity index (χ0) is 30.6. The van der Waals surface area contributed by atoms with Gasteiger partial charge in [0.1, 0.15) is 18.1 Å². The van der Waals surface area contributed by atoms with Gasteiger partial charge in [-0.3, -0.25) is 14.4 Å². The second kappa shape index (κ2) is 15.7. The minimum atomic E-state index is -1.26. The van der Waals surface area contributed by atoms with Crippen molar-refractivity contribution in [1.29, 1.82) is 0 Å². The molecule has 0 saturated carbocycles. The maximum atomic E-state index is 13.4. The summed E-state index contributed by atoms with van der Waals surface area (Å²) in [6, 6.07) is 16.5. The van der Waals surface area contributed by atoms with Gasteiger partial charge in [0, 0.05) is 29.9 Å². The third-order valence-corrected chi connectivity index (χ3v) is 7.24. The van der Waals surface area contributed by atoms with Crippen LogP contribution in [0.5, 0.6) is 0 Å². The molecule has 0 aliphatic heterocycles. The molecule has 0 bridgehead atoms. The molecule has 12 heteroatoms. The van der Waals surface area contributed by atoms with Gasteiger partial charge >= 0.3 is 12.0 Å². The number of benzene rings is 3. The molecule has 0 aliphatic carbocycles. The first kappa shape index (κ1) is 32.3. The molecule has 3 rings (SSSR count). The van der Waals surface area contributed by atoms with Gasteiger partial charge in [-0.1, -0.05) is 54.6 Å². The Morgan fingerprint density at radius 1 is 0.786 bits per heavy atom. The lowest BCUT2D eigenvalue weighted by Gasteiger charge is -2.24. The molecule has 7 N–H and O–H groups in total. The third-order valence-electron chi connectivity index (χ3n) is 6.52. The van der Waals surface area contributed by atoms with E-state index in [2.05, 4.69) is 43.9 Å². The summed E-state index contributed by atoms with van der Waals surface area (Å²) in [5.41, 5.74) is 6.64. The lowest BCUT2D eigenvalue weighted by molar-refractivity contribution is -0.142. The number of hydrogen-bond donors (Lipinski definition) is 6. The van der Waals surface area contributed by atoms with Gasteiger partial charge in [0.15, 0.2) is 0 Å². The van der Waals surface area contributed by atoms with Crippen LogP contribution in [0.15, 0.2) is 66.7 Å². The Balaban J connectivity index is 1.76. The van der Waals surface area contributed by atoms with Gasteiger partial charge in [0.2, 0.25) is 17.7 Å². The molecule has 11 nitrogen and oxygen atoms in total. The lowest BCUT2D eigenvalue weighted by atomic mass is 10.0. The summed E-state index contributed by atoms with van der Waals surface area (Å²) in [5, 5.41) is 22.1. The average molecular weight is 688 g/mol. The number of nitrogens with one attached hydrogen (secondary N) is 4. The summed E-state index contributed by atoms with van der Waals surface area (Å²) >= 11 is 2.16. The fourth-order valence-electron chi connectivity index (χ4n) is 4.44. The van der Waals surface area contributed by atoms with Crippen LogP contribution in [0.25, 0.3) is 10.8 Å². The number of nitrogens with two attached hydrogens (primary N) is 1. The first-order valence-electron chi connectivity index (χ1n) is 13.4. The van der Waals surface area contributed by atoms with Crippen molar-refractivity contribution in [2.24, 2.45) is 5.73 Å². The predicted octanol–water partition coefficient (Wildman–Crippen LogP) is 2.24. The summed E-state index contributed by atoms with van der Waals surface area (Å²) < 4.78 is 1.01. The number of fused-ring (bicyclic) bond motifs is 1. The Bertz CT molecular complexity index is 1430. The zero-order valence-electron chi connectivity index (χ0n) is 23.1. The molecule has 0 fully saturated rings. The number of aliphatic carboxylic acids is 1. The zero-order valence-corrected chi connectivity index (χ0v) is 25.2. The number of hydrogen-bond acceptors (Lipinski definition) is 5. The average Bonchev–Trinajstić information content (AvgIpc) is 2.94. The Kier molecular flexibility index (Phi) is 12.1. The molecule has 42 heavy (non-hydrogen) atoms. The van der Waals surface area contributed by atoms with Crippen LogP contribution in [-0.4, -0.2) is 59.5 Å². The van der Waals surface area contributed by atoms with Crippen molar-refractivity contribution in [3.8, 4) is 0 Å². The van der Waals surface area contributed by atoms with Crippen LogP contribution < -0.4 is 27.0 Å². The van der Waals surface area contributed by atoms with Gasteiger partial charge in [-0.05, 0) is 69.5 Å². The number of carboxylic acid groups (broad SMARTS) is 1. The molecule has 222 valence electrons. The molecule has 0 unspecified atom stereocenters. The van der Waals surface area contributed by atoms with Gasteiger partial charge in [0.25, 0.3) is 0 Å². The van der Waals surface area contributed by atoms with E-state index in [0.717, 1.165) is 25.5 Å². The number of amides is 5. The second-order valence-corrected chi connectivity index (χ2v) is 11.1. The summed E-state index contributed by atoms with van der Waals surface area (Å²) in [4.78, 5) is 61.8. The van der Waals surface area contributed by atoms with Crippen molar-refractivity contribution in [3.63, 3.8) is 0 Å². The highest BCUT2D eigenvalue weighted by Gasteiger charge is 2.29. The molecule has 5 amide bonds. The first-order chi connectivity index (χ1) is 20.0. The number of rotatable bonds is 14. The molecule has 0 aliphatic rings. The van der Waals surface area contributed by atoms with E-state index in [1.165, 1.54) is 6.92 Å². The van der Waals surface area contributed by atoms with E-state index in [9.17, 15) is 29.1 Å². The molecule has 0 heterocycles. The maximum Gasteiger partial charge on any atom is 0.326 e. The predicted molar refractivity (Wildman–Crippen MR) is 166 cm³/mol. The van der Waals surface area contributed by atoms with Gasteiger partial charge in [-0.15, -0.1) is 0 Å². The van der Waals surface area contributed by atoms with E-state index >= 15 is 0 Å². The number of urea groups is 1. The van der Waals surface area contributed by atoms with Crippen LogP contribution in [0.3, 0.4) is 0 Å². The number of primary amides is 1. The van der Waals surface area contributed by atoms with Crippen molar-refractivity contribution in [3.05, 3.63) is 81.4 Å². The summed E-state index contributed by atoms with van der Waals surface area (Å²) in [6.07, 6.45) is 0.554. The van der Waals surface area contributed by atoms with Crippen molar-refractivity contribution in [2.45, 2.75) is 50.7 Å². The van der Waals surface area contributed by atoms with Crippen LogP contribution in [0.2, 0.25) is 0 Å². The van der Waals surface area contributed by atoms with E-state index in [-0.39, 0.29) is 32.2 Å². The minimum Gasteiger partial charge on any atom is -0.480 e. The van der Waals surface area contributed by atoms with E-state index in [0.29, 0.717) is 0 Å². The molecular formula is C30H34IN5O6. The summed E-state index contributed by atoms with van der Waals surface area (Å²) in [7, 11) is 0. The Labute approximate surface area is 257 Å². The van der Waals surface area contributed by atoms with Gasteiger partial charge in [-0.2, -0.15) is 0 Å². The molecule has 3 aromatic rings. The van der Waals surface area contributed by atoms with Gasteiger partial charge in [0.05, 0.1) is 0 Å². The minimum absolute atomic E-state index is 0.0249. The second-order valence-electron chi connectivity index (χ2n) is 9.86. The van der Waals surface area contributed by atoms with Crippen LogP contribution in [-0.2, 0) is 32.0 Å². The van der Waals surface area contributed by atoms with E-state index in [4.69, 9.17) is 5.73 Å². The van der Waals surface area contributed by atoms with E-state index in [1.54, 1.807) is 0 Å². The fourth-order valence-corrected chi connectivity index (χ4v) is 4.80. The molecule has 0 saturated heterocycles. The Morgan fingerprint density at radius 3 is 2.02 bits per heavy atom. The van der Waals surface area contributed by atoms with Crippen LogP contribution in [0.1, 0.15) is 30.9 Å². The number of carbonyl (C=O) groups excluding carboxylic acids is 4. The fraction of sp³-hybridized carbons (Fsp3) is 0.300. The Morgan fingerprint density at radius 2 is 1.38 bits per heavy atom. The highest BCUT2D eigenvalue weighted by atomic mass is 127. The maximum absolute atomic E-state index is 13.4.